The quantitative estimate of drug-likeness (QED) is 0.594. The van der Waals surface area contributed by atoms with Crippen molar-refractivity contribution in [2.75, 3.05) is 6.54 Å². The largest absolute Gasteiger partial charge is 0.349 e. The molecule has 1 aliphatic rings. The van der Waals surface area contributed by atoms with E-state index in [1.165, 1.54) is 16.1 Å². The van der Waals surface area contributed by atoms with E-state index in [0.717, 1.165) is 22.7 Å². The van der Waals surface area contributed by atoms with Crippen LogP contribution in [0.5, 0.6) is 0 Å². The van der Waals surface area contributed by atoms with E-state index in [0.29, 0.717) is 25.1 Å². The zero-order valence-electron chi connectivity index (χ0n) is 19.7. The molecule has 2 amide bonds. The first kappa shape index (κ1) is 25.0. The highest BCUT2D eigenvalue weighted by Gasteiger charge is 2.37. The van der Waals surface area contributed by atoms with Gasteiger partial charge in [-0.15, -0.1) is 21.5 Å². The molecule has 0 aliphatic carbocycles. The number of rotatable bonds is 5. The number of nitriles is 1. The third-order valence-electron chi connectivity index (χ3n) is 5.56. The molecule has 1 saturated heterocycles. The number of piperidine rings is 1. The predicted molar refractivity (Wildman–Crippen MR) is 127 cm³/mol. The van der Waals surface area contributed by atoms with Gasteiger partial charge in [0.1, 0.15) is 5.01 Å². The van der Waals surface area contributed by atoms with Crippen LogP contribution in [0.25, 0.3) is 11.3 Å². The van der Waals surface area contributed by atoms with E-state index in [-0.39, 0.29) is 29.6 Å². The SMILES string of the molecule is CC.CC1C(C(=O)NCc2nc(-c3ccc(C#N)cc3)cs2)CCCN1C(=O)c1nnn(C)n1. The third kappa shape index (κ3) is 5.63. The molecule has 3 heterocycles. The van der Waals surface area contributed by atoms with Gasteiger partial charge in [-0.3, -0.25) is 9.59 Å². The number of nitrogens with one attached hydrogen (secondary N) is 1. The summed E-state index contributed by atoms with van der Waals surface area (Å²) in [6.07, 6.45) is 1.44. The normalized spacial score (nSPS) is 17.3. The van der Waals surface area contributed by atoms with E-state index >= 15 is 0 Å². The van der Waals surface area contributed by atoms with E-state index in [9.17, 15) is 9.59 Å². The Morgan fingerprint density at radius 1 is 1.26 bits per heavy atom. The van der Waals surface area contributed by atoms with Crippen LogP contribution in [0.1, 0.15) is 54.8 Å². The van der Waals surface area contributed by atoms with Gasteiger partial charge >= 0.3 is 0 Å². The number of hydrogen-bond acceptors (Lipinski definition) is 8. The molecular weight excluding hydrogens is 452 g/mol. The lowest BCUT2D eigenvalue weighted by molar-refractivity contribution is -0.128. The molecule has 0 radical (unpaired) electrons. The van der Waals surface area contributed by atoms with E-state index in [2.05, 4.69) is 31.8 Å². The highest BCUT2D eigenvalue weighted by molar-refractivity contribution is 7.09. The van der Waals surface area contributed by atoms with Crippen molar-refractivity contribution >= 4 is 23.2 Å². The lowest BCUT2D eigenvalue weighted by Gasteiger charge is -2.37. The summed E-state index contributed by atoms with van der Waals surface area (Å²) in [7, 11) is 1.60. The minimum Gasteiger partial charge on any atom is -0.349 e. The number of carbonyl (C=O) groups excluding carboxylic acids is 2. The average molecular weight is 481 g/mol. The number of carbonyl (C=O) groups is 2. The topological polar surface area (TPSA) is 130 Å². The molecule has 0 bridgehead atoms. The molecule has 10 nitrogen and oxygen atoms in total. The number of aryl methyl sites for hydroxylation is 1. The molecule has 11 heteroatoms. The second-order valence-electron chi connectivity index (χ2n) is 7.62. The van der Waals surface area contributed by atoms with Crippen molar-refractivity contribution in [3.05, 3.63) is 46.0 Å². The van der Waals surface area contributed by atoms with Crippen LogP contribution in [-0.4, -0.2) is 54.5 Å². The maximum atomic E-state index is 12.9. The summed E-state index contributed by atoms with van der Waals surface area (Å²) in [5, 5.41) is 26.1. The van der Waals surface area contributed by atoms with Gasteiger partial charge in [-0.1, -0.05) is 26.0 Å². The Morgan fingerprint density at radius 2 is 2.00 bits per heavy atom. The smallest absolute Gasteiger partial charge is 0.295 e. The first-order valence-electron chi connectivity index (χ1n) is 11.2. The number of aromatic nitrogens is 5. The number of amides is 2. The van der Waals surface area contributed by atoms with Crippen LogP contribution in [0.15, 0.2) is 29.6 Å². The number of hydrogen-bond donors (Lipinski definition) is 1. The van der Waals surface area contributed by atoms with Crippen LogP contribution in [0.3, 0.4) is 0 Å². The third-order valence-corrected chi connectivity index (χ3v) is 6.41. The summed E-state index contributed by atoms with van der Waals surface area (Å²) in [6.45, 7) is 6.76. The van der Waals surface area contributed by atoms with E-state index in [1.807, 2.05) is 38.3 Å². The molecule has 2 aromatic heterocycles. The molecule has 1 N–H and O–H groups in total. The summed E-state index contributed by atoms with van der Waals surface area (Å²) >= 11 is 1.47. The van der Waals surface area contributed by atoms with Crippen LogP contribution in [0.2, 0.25) is 0 Å². The first-order valence-corrected chi connectivity index (χ1v) is 12.1. The highest BCUT2D eigenvalue weighted by Crippen LogP contribution is 2.26. The minimum absolute atomic E-state index is 0.0403. The van der Waals surface area contributed by atoms with E-state index < -0.39 is 0 Å². The Morgan fingerprint density at radius 3 is 2.65 bits per heavy atom. The van der Waals surface area contributed by atoms with Crippen molar-refractivity contribution in [3.8, 4) is 17.3 Å². The molecule has 2 unspecified atom stereocenters. The lowest BCUT2D eigenvalue weighted by atomic mass is 9.89. The Hall–Kier alpha value is -3.65. The summed E-state index contributed by atoms with van der Waals surface area (Å²) < 4.78 is 0. The molecule has 34 heavy (non-hydrogen) atoms. The predicted octanol–water partition coefficient (Wildman–Crippen LogP) is 2.79. The highest BCUT2D eigenvalue weighted by atomic mass is 32.1. The maximum Gasteiger partial charge on any atom is 0.295 e. The summed E-state index contributed by atoms with van der Waals surface area (Å²) in [5.74, 6) is -0.687. The average Bonchev–Trinajstić information content (AvgIpc) is 3.53. The molecule has 178 valence electrons. The summed E-state index contributed by atoms with van der Waals surface area (Å²) in [5.41, 5.74) is 2.33. The number of tetrazole rings is 1. The van der Waals surface area contributed by atoms with Crippen molar-refractivity contribution in [1.29, 1.82) is 5.26 Å². The molecular formula is C23H28N8O2S. The van der Waals surface area contributed by atoms with E-state index in [1.54, 1.807) is 24.1 Å². The van der Waals surface area contributed by atoms with Crippen molar-refractivity contribution in [2.45, 2.75) is 46.2 Å². The van der Waals surface area contributed by atoms with Crippen LogP contribution in [-0.2, 0) is 18.4 Å². The second-order valence-corrected chi connectivity index (χ2v) is 8.57. The first-order chi connectivity index (χ1) is 16.5. The van der Waals surface area contributed by atoms with Crippen molar-refractivity contribution in [1.82, 2.24) is 35.4 Å². The Balaban J connectivity index is 0.00000158. The zero-order chi connectivity index (χ0) is 24.7. The fourth-order valence-corrected chi connectivity index (χ4v) is 4.56. The van der Waals surface area contributed by atoms with Gasteiger partial charge in [-0.05, 0) is 37.1 Å². The van der Waals surface area contributed by atoms with Gasteiger partial charge in [0.25, 0.3) is 11.7 Å². The Bertz CT molecular complexity index is 1160. The van der Waals surface area contributed by atoms with Gasteiger partial charge < -0.3 is 10.2 Å². The Labute approximate surface area is 202 Å². The summed E-state index contributed by atoms with van der Waals surface area (Å²) in [6, 6.07) is 9.05. The lowest BCUT2D eigenvalue weighted by Crippen LogP contribution is -2.51. The number of thiazole rings is 1. The zero-order valence-corrected chi connectivity index (χ0v) is 20.5. The summed E-state index contributed by atoms with van der Waals surface area (Å²) in [4.78, 5) is 33.1. The fraction of sp³-hybridized carbons (Fsp3) is 0.435. The molecule has 3 aromatic rings. The van der Waals surface area contributed by atoms with Crippen molar-refractivity contribution in [3.63, 3.8) is 0 Å². The van der Waals surface area contributed by atoms with Gasteiger partial charge in [0.15, 0.2) is 0 Å². The minimum atomic E-state index is -0.317. The molecule has 0 saturated carbocycles. The number of likely N-dealkylation sites (tertiary alicyclic amines) is 1. The van der Waals surface area contributed by atoms with Crippen LogP contribution in [0, 0.1) is 17.2 Å². The second kappa shape index (κ2) is 11.5. The van der Waals surface area contributed by atoms with Gasteiger partial charge in [0, 0.05) is 23.5 Å². The molecule has 1 aromatic carbocycles. The maximum absolute atomic E-state index is 12.9. The number of nitrogens with zero attached hydrogens (tertiary/aromatic N) is 7. The molecule has 1 aliphatic heterocycles. The molecule has 1 fully saturated rings. The van der Waals surface area contributed by atoms with Gasteiger partial charge in [0.05, 0.1) is 36.8 Å². The fourth-order valence-electron chi connectivity index (χ4n) is 3.81. The van der Waals surface area contributed by atoms with Crippen molar-refractivity contribution < 1.29 is 9.59 Å². The Kier molecular flexibility index (Phi) is 8.43. The monoisotopic (exact) mass is 480 g/mol. The van der Waals surface area contributed by atoms with Gasteiger partial charge in [0.2, 0.25) is 5.91 Å². The van der Waals surface area contributed by atoms with Gasteiger partial charge in [-0.2, -0.15) is 10.1 Å². The molecule has 4 rings (SSSR count). The molecule has 0 spiro atoms. The van der Waals surface area contributed by atoms with Crippen LogP contribution < -0.4 is 5.32 Å². The van der Waals surface area contributed by atoms with E-state index in [4.69, 9.17) is 5.26 Å². The van der Waals surface area contributed by atoms with Crippen LogP contribution in [0.4, 0.5) is 0 Å². The molecule has 2 atom stereocenters. The van der Waals surface area contributed by atoms with Crippen LogP contribution >= 0.6 is 11.3 Å². The van der Waals surface area contributed by atoms with Crippen molar-refractivity contribution in [2.24, 2.45) is 13.0 Å². The standard InChI is InChI=1S/C21H22N8O2S.C2H6/c1-13-16(4-3-9-29(13)21(31)19-25-27-28(2)26-19)20(30)23-11-18-24-17(12-32-18)15-7-5-14(10-22)6-8-15;1-2/h5-8,12-13,16H,3-4,9,11H2,1-2H3,(H,23,30);1-2H3. The van der Waals surface area contributed by atoms with Gasteiger partial charge in [-0.25, -0.2) is 4.98 Å². The number of benzene rings is 1.